The predicted molar refractivity (Wildman–Crippen MR) is 131 cm³/mol. The third kappa shape index (κ3) is 23.1. The van der Waals surface area contributed by atoms with Gasteiger partial charge in [-0.05, 0) is 51.4 Å². The summed E-state index contributed by atoms with van der Waals surface area (Å²) in [4.78, 5) is 22.4. The number of amides is 1. The molecule has 0 saturated heterocycles. The lowest BCUT2D eigenvalue weighted by Crippen LogP contribution is -2.30. The quantitative estimate of drug-likeness (QED) is 0.125. The number of carboxylic acids is 1. The number of hydrogen-bond donors (Lipinski definition) is 3. The molecule has 0 aliphatic heterocycles. The highest BCUT2D eigenvalue weighted by Gasteiger charge is 2.10. The summed E-state index contributed by atoms with van der Waals surface area (Å²) in [6.07, 6.45) is 26.5. The van der Waals surface area contributed by atoms with E-state index in [1.807, 2.05) is 0 Å². The summed E-state index contributed by atoms with van der Waals surface area (Å²) < 4.78 is 0. The fraction of sp³-hybridized carbons (Fsp3) is 0.846. The Labute approximate surface area is 191 Å². The molecule has 1 atom stereocenters. The van der Waals surface area contributed by atoms with Gasteiger partial charge < -0.3 is 16.2 Å². The maximum atomic E-state index is 11.8. The second-order valence-electron chi connectivity index (χ2n) is 8.83. The Morgan fingerprint density at radius 2 is 1.29 bits per heavy atom. The van der Waals surface area contributed by atoms with Gasteiger partial charge in [0.15, 0.2) is 0 Å². The molecule has 182 valence electrons. The molecular weight excluding hydrogens is 388 g/mol. The van der Waals surface area contributed by atoms with Crippen molar-refractivity contribution in [1.82, 2.24) is 5.32 Å². The molecule has 5 heteroatoms. The van der Waals surface area contributed by atoms with E-state index in [2.05, 4.69) is 24.4 Å². The second-order valence-corrected chi connectivity index (χ2v) is 8.83. The monoisotopic (exact) mass is 438 g/mol. The van der Waals surface area contributed by atoms with Crippen LogP contribution in [0.4, 0.5) is 0 Å². The van der Waals surface area contributed by atoms with E-state index in [0.29, 0.717) is 19.4 Å². The second kappa shape index (κ2) is 23.3. The van der Waals surface area contributed by atoms with Crippen LogP contribution in [0.5, 0.6) is 0 Å². The van der Waals surface area contributed by atoms with Crippen LogP contribution in [0.15, 0.2) is 12.2 Å². The van der Waals surface area contributed by atoms with E-state index in [-0.39, 0.29) is 5.91 Å². The summed E-state index contributed by atoms with van der Waals surface area (Å²) >= 11 is 0. The molecule has 0 heterocycles. The first-order valence-corrected chi connectivity index (χ1v) is 13.0. The Hall–Kier alpha value is -1.36. The van der Waals surface area contributed by atoms with Crippen LogP contribution < -0.4 is 11.1 Å². The van der Waals surface area contributed by atoms with Crippen molar-refractivity contribution in [2.75, 3.05) is 6.54 Å². The summed E-state index contributed by atoms with van der Waals surface area (Å²) in [6.45, 7) is 2.86. The van der Waals surface area contributed by atoms with Gasteiger partial charge in [-0.2, -0.15) is 0 Å². The first-order chi connectivity index (χ1) is 15.1. The molecule has 31 heavy (non-hydrogen) atoms. The SMILES string of the molecule is CCCCC/C=C/CCCCCCCCCCCCC(=O)NCCCC[C@H](N)C(=O)O. The van der Waals surface area contributed by atoms with Crippen LogP contribution in [0.3, 0.4) is 0 Å². The maximum Gasteiger partial charge on any atom is 0.320 e. The molecule has 0 unspecified atom stereocenters. The zero-order valence-electron chi connectivity index (χ0n) is 20.2. The largest absolute Gasteiger partial charge is 0.480 e. The average Bonchev–Trinajstić information content (AvgIpc) is 2.75. The maximum absolute atomic E-state index is 11.8. The number of carboxylic acid groups (broad SMARTS) is 1. The number of carbonyl (C=O) groups is 2. The van der Waals surface area contributed by atoms with Crippen molar-refractivity contribution in [1.29, 1.82) is 0 Å². The normalized spacial score (nSPS) is 12.3. The third-order valence-corrected chi connectivity index (χ3v) is 5.75. The Morgan fingerprint density at radius 1 is 0.774 bits per heavy atom. The smallest absolute Gasteiger partial charge is 0.320 e. The van der Waals surface area contributed by atoms with E-state index >= 15 is 0 Å². The van der Waals surface area contributed by atoms with Crippen molar-refractivity contribution in [2.24, 2.45) is 5.73 Å². The summed E-state index contributed by atoms with van der Waals surface area (Å²) in [5, 5.41) is 11.6. The minimum Gasteiger partial charge on any atom is -0.480 e. The van der Waals surface area contributed by atoms with Crippen LogP contribution in [-0.4, -0.2) is 29.6 Å². The van der Waals surface area contributed by atoms with Gasteiger partial charge in [0.25, 0.3) is 0 Å². The zero-order valence-corrected chi connectivity index (χ0v) is 20.2. The van der Waals surface area contributed by atoms with Gasteiger partial charge in [0.05, 0.1) is 0 Å². The number of allylic oxidation sites excluding steroid dienone is 2. The first kappa shape index (κ1) is 29.6. The van der Waals surface area contributed by atoms with Crippen molar-refractivity contribution >= 4 is 11.9 Å². The zero-order chi connectivity index (χ0) is 23.0. The number of aliphatic carboxylic acids is 1. The van der Waals surface area contributed by atoms with E-state index in [0.717, 1.165) is 25.7 Å². The molecule has 0 rings (SSSR count). The van der Waals surface area contributed by atoms with Crippen molar-refractivity contribution in [2.45, 2.75) is 135 Å². The lowest BCUT2D eigenvalue weighted by molar-refractivity contribution is -0.138. The number of nitrogens with one attached hydrogen (secondary N) is 1. The highest BCUT2D eigenvalue weighted by atomic mass is 16.4. The summed E-state index contributed by atoms with van der Waals surface area (Å²) in [6, 6.07) is -0.789. The third-order valence-electron chi connectivity index (χ3n) is 5.75. The molecule has 0 aromatic carbocycles. The predicted octanol–water partition coefficient (Wildman–Crippen LogP) is 6.50. The van der Waals surface area contributed by atoms with E-state index < -0.39 is 12.0 Å². The lowest BCUT2D eigenvalue weighted by Gasteiger charge is -2.07. The number of unbranched alkanes of at least 4 members (excludes halogenated alkanes) is 14. The fourth-order valence-electron chi connectivity index (χ4n) is 3.64. The van der Waals surface area contributed by atoms with Crippen LogP contribution >= 0.6 is 0 Å². The summed E-state index contributed by atoms with van der Waals surface area (Å²) in [5.74, 6) is -0.848. The highest BCUT2D eigenvalue weighted by molar-refractivity contribution is 5.75. The highest BCUT2D eigenvalue weighted by Crippen LogP contribution is 2.12. The van der Waals surface area contributed by atoms with Crippen molar-refractivity contribution in [3.63, 3.8) is 0 Å². The van der Waals surface area contributed by atoms with E-state index in [1.165, 1.54) is 83.5 Å². The Balaban J connectivity index is 3.23. The minimum atomic E-state index is -0.958. The molecule has 0 fully saturated rings. The van der Waals surface area contributed by atoms with E-state index in [4.69, 9.17) is 10.8 Å². The Kier molecular flexibility index (Phi) is 22.3. The number of carbonyl (C=O) groups excluding carboxylic acids is 1. The number of hydrogen-bond acceptors (Lipinski definition) is 3. The van der Waals surface area contributed by atoms with Crippen molar-refractivity contribution < 1.29 is 14.7 Å². The molecule has 0 aliphatic rings. The molecular formula is C26H50N2O3. The number of nitrogens with two attached hydrogens (primary N) is 1. The van der Waals surface area contributed by atoms with Crippen LogP contribution in [0.2, 0.25) is 0 Å². The summed E-state index contributed by atoms with van der Waals surface area (Å²) in [7, 11) is 0. The van der Waals surface area contributed by atoms with Gasteiger partial charge in [0, 0.05) is 13.0 Å². The molecule has 0 spiro atoms. The van der Waals surface area contributed by atoms with Gasteiger partial charge in [0.2, 0.25) is 5.91 Å². The molecule has 1 amide bonds. The van der Waals surface area contributed by atoms with Crippen LogP contribution in [0, 0.1) is 0 Å². The van der Waals surface area contributed by atoms with Gasteiger partial charge in [0.1, 0.15) is 6.04 Å². The van der Waals surface area contributed by atoms with Crippen LogP contribution in [-0.2, 0) is 9.59 Å². The van der Waals surface area contributed by atoms with Gasteiger partial charge in [-0.3, -0.25) is 9.59 Å². The molecule has 5 nitrogen and oxygen atoms in total. The Bertz CT molecular complexity index is 452. The van der Waals surface area contributed by atoms with Crippen molar-refractivity contribution in [3.8, 4) is 0 Å². The molecule has 0 saturated carbocycles. The topological polar surface area (TPSA) is 92.4 Å². The summed E-state index contributed by atoms with van der Waals surface area (Å²) in [5.41, 5.74) is 5.45. The lowest BCUT2D eigenvalue weighted by atomic mass is 10.0. The Morgan fingerprint density at radius 3 is 1.84 bits per heavy atom. The minimum absolute atomic E-state index is 0.110. The molecule has 0 aromatic rings. The van der Waals surface area contributed by atoms with Gasteiger partial charge in [-0.1, -0.05) is 83.3 Å². The molecule has 0 aliphatic carbocycles. The molecule has 0 bridgehead atoms. The molecule has 0 aromatic heterocycles. The van der Waals surface area contributed by atoms with Crippen LogP contribution in [0.25, 0.3) is 0 Å². The van der Waals surface area contributed by atoms with Crippen molar-refractivity contribution in [3.05, 3.63) is 12.2 Å². The van der Waals surface area contributed by atoms with Gasteiger partial charge in [-0.25, -0.2) is 0 Å². The first-order valence-electron chi connectivity index (χ1n) is 13.0. The number of rotatable bonds is 23. The van der Waals surface area contributed by atoms with Gasteiger partial charge in [-0.15, -0.1) is 0 Å². The fourth-order valence-corrected chi connectivity index (χ4v) is 3.64. The van der Waals surface area contributed by atoms with Gasteiger partial charge >= 0.3 is 5.97 Å². The average molecular weight is 439 g/mol. The van der Waals surface area contributed by atoms with E-state index in [9.17, 15) is 9.59 Å². The van der Waals surface area contributed by atoms with Crippen LogP contribution in [0.1, 0.15) is 129 Å². The standard InChI is InChI=1S/C26H50N2O3/c1-2-3-4-5-6-7-8-9-10-11-12-13-14-15-16-17-18-22-25(29)28-23-20-19-21-24(27)26(30)31/h6-7,24H,2-5,8-23,27H2,1H3,(H,28,29)(H,30,31)/b7-6+/t24-/m0/s1. The molecule has 0 radical (unpaired) electrons. The molecule has 4 N–H and O–H groups in total. The van der Waals surface area contributed by atoms with E-state index in [1.54, 1.807) is 0 Å².